The molecule has 1 unspecified atom stereocenters. The minimum absolute atomic E-state index is 0.0563. The van der Waals surface area contributed by atoms with Crippen molar-refractivity contribution < 1.29 is 9.53 Å². The highest BCUT2D eigenvalue weighted by Gasteiger charge is 2.24. The van der Waals surface area contributed by atoms with Gasteiger partial charge >= 0.3 is 5.97 Å². The van der Waals surface area contributed by atoms with Gasteiger partial charge in [-0.05, 0) is 46.5 Å². The first-order valence-corrected chi connectivity index (χ1v) is 6.94. The van der Waals surface area contributed by atoms with E-state index in [-0.39, 0.29) is 17.5 Å². The van der Waals surface area contributed by atoms with Crippen LogP contribution < -0.4 is 0 Å². The first-order valence-electron chi connectivity index (χ1n) is 6.94. The topological polar surface area (TPSA) is 26.3 Å². The second kappa shape index (κ2) is 7.73. The Bertz CT molecular complexity index is 213. The van der Waals surface area contributed by atoms with E-state index in [2.05, 4.69) is 13.8 Å². The van der Waals surface area contributed by atoms with E-state index in [1.807, 2.05) is 27.7 Å². The summed E-state index contributed by atoms with van der Waals surface area (Å²) in [5.74, 6) is 0.707. The smallest absolute Gasteiger partial charge is 0.311 e. The van der Waals surface area contributed by atoms with E-state index < -0.39 is 0 Å². The number of hydrogen-bond donors (Lipinski definition) is 0. The predicted octanol–water partition coefficient (Wildman–Crippen LogP) is 4.57. The van der Waals surface area contributed by atoms with E-state index in [0.29, 0.717) is 0 Å². The maximum absolute atomic E-state index is 11.6. The molecule has 0 N–H and O–H groups in total. The van der Waals surface area contributed by atoms with Gasteiger partial charge in [0.1, 0.15) is 0 Å². The third-order valence-corrected chi connectivity index (χ3v) is 2.81. The third-order valence-electron chi connectivity index (χ3n) is 2.81. The van der Waals surface area contributed by atoms with Crippen molar-refractivity contribution in [2.75, 3.05) is 0 Å². The van der Waals surface area contributed by atoms with Crippen molar-refractivity contribution in [3.8, 4) is 0 Å². The Morgan fingerprint density at radius 2 is 1.53 bits per heavy atom. The van der Waals surface area contributed by atoms with Crippen LogP contribution in [0.25, 0.3) is 0 Å². The van der Waals surface area contributed by atoms with Crippen molar-refractivity contribution in [2.24, 2.45) is 11.3 Å². The zero-order chi connectivity index (χ0) is 13.5. The van der Waals surface area contributed by atoms with Gasteiger partial charge in [-0.15, -0.1) is 0 Å². The van der Waals surface area contributed by atoms with E-state index >= 15 is 0 Å². The maximum Gasteiger partial charge on any atom is 0.311 e. The molecule has 0 saturated carbocycles. The van der Waals surface area contributed by atoms with Gasteiger partial charge in [-0.3, -0.25) is 4.79 Å². The molecule has 1 atom stereocenters. The molecule has 0 aliphatic rings. The number of esters is 1. The molecule has 17 heavy (non-hydrogen) atoms. The minimum atomic E-state index is -0.383. The van der Waals surface area contributed by atoms with Crippen LogP contribution >= 0.6 is 0 Å². The van der Waals surface area contributed by atoms with Gasteiger partial charge in [0, 0.05) is 0 Å². The summed E-state index contributed by atoms with van der Waals surface area (Å²) in [6.07, 6.45) is 6.04. The molecule has 0 aromatic rings. The molecule has 0 spiro atoms. The molecule has 0 rings (SSSR count). The SMILES string of the molecule is CC(C)CCCCCC(C)OC(=O)C(C)(C)C. The van der Waals surface area contributed by atoms with E-state index in [9.17, 15) is 4.79 Å². The van der Waals surface area contributed by atoms with Gasteiger partial charge in [-0.2, -0.15) is 0 Å². The summed E-state index contributed by atoms with van der Waals surface area (Å²) in [4.78, 5) is 11.6. The lowest BCUT2D eigenvalue weighted by atomic mass is 9.97. The van der Waals surface area contributed by atoms with Gasteiger partial charge < -0.3 is 4.74 Å². The first kappa shape index (κ1) is 16.5. The van der Waals surface area contributed by atoms with Crippen LogP contribution in [-0.2, 0) is 9.53 Å². The quantitative estimate of drug-likeness (QED) is 0.483. The Kier molecular flexibility index (Phi) is 7.49. The minimum Gasteiger partial charge on any atom is -0.462 e. The van der Waals surface area contributed by atoms with Crippen LogP contribution in [-0.4, -0.2) is 12.1 Å². The largest absolute Gasteiger partial charge is 0.462 e. The number of ether oxygens (including phenoxy) is 1. The molecule has 0 aliphatic heterocycles. The fourth-order valence-corrected chi connectivity index (χ4v) is 1.58. The van der Waals surface area contributed by atoms with Crippen LogP contribution in [0.1, 0.15) is 73.6 Å². The Hall–Kier alpha value is -0.530. The lowest BCUT2D eigenvalue weighted by molar-refractivity contribution is -0.158. The molecule has 0 aromatic carbocycles. The molecule has 0 heterocycles. The van der Waals surface area contributed by atoms with Crippen LogP contribution in [0.5, 0.6) is 0 Å². The predicted molar refractivity (Wildman–Crippen MR) is 72.9 cm³/mol. The van der Waals surface area contributed by atoms with Gasteiger partial charge in [-0.25, -0.2) is 0 Å². The van der Waals surface area contributed by atoms with Crippen molar-refractivity contribution in [1.82, 2.24) is 0 Å². The van der Waals surface area contributed by atoms with Gasteiger partial charge in [0.15, 0.2) is 0 Å². The van der Waals surface area contributed by atoms with Crippen LogP contribution in [0.2, 0.25) is 0 Å². The monoisotopic (exact) mass is 242 g/mol. The van der Waals surface area contributed by atoms with Crippen LogP contribution in [0.15, 0.2) is 0 Å². The molecule has 0 aromatic heterocycles. The molecular weight excluding hydrogens is 212 g/mol. The molecule has 0 aliphatic carbocycles. The van der Waals surface area contributed by atoms with Crippen molar-refractivity contribution in [3.63, 3.8) is 0 Å². The molecule has 2 heteroatoms. The number of hydrogen-bond acceptors (Lipinski definition) is 2. The van der Waals surface area contributed by atoms with Crippen LogP contribution in [0, 0.1) is 11.3 Å². The van der Waals surface area contributed by atoms with Crippen LogP contribution in [0.4, 0.5) is 0 Å². The third kappa shape index (κ3) is 9.20. The zero-order valence-electron chi connectivity index (χ0n) is 12.5. The lowest BCUT2D eigenvalue weighted by Crippen LogP contribution is -2.26. The van der Waals surface area contributed by atoms with Crippen LogP contribution in [0.3, 0.4) is 0 Å². The van der Waals surface area contributed by atoms with Gasteiger partial charge in [0.2, 0.25) is 0 Å². The van der Waals surface area contributed by atoms with Gasteiger partial charge in [0.25, 0.3) is 0 Å². The summed E-state index contributed by atoms with van der Waals surface area (Å²) in [7, 11) is 0. The number of rotatable bonds is 7. The summed E-state index contributed by atoms with van der Waals surface area (Å²) in [5, 5.41) is 0. The Balaban J connectivity index is 3.60. The highest BCUT2D eigenvalue weighted by molar-refractivity contribution is 5.75. The van der Waals surface area contributed by atoms with E-state index in [1.165, 1.54) is 19.3 Å². The fourth-order valence-electron chi connectivity index (χ4n) is 1.58. The Morgan fingerprint density at radius 3 is 2.00 bits per heavy atom. The Labute approximate surface area is 107 Å². The molecule has 102 valence electrons. The van der Waals surface area contributed by atoms with Crippen molar-refractivity contribution in [1.29, 1.82) is 0 Å². The number of carbonyl (C=O) groups is 1. The molecule has 0 bridgehead atoms. The van der Waals surface area contributed by atoms with Gasteiger partial charge in [-0.1, -0.05) is 33.1 Å². The molecule has 2 nitrogen and oxygen atoms in total. The van der Waals surface area contributed by atoms with E-state index in [4.69, 9.17) is 4.74 Å². The van der Waals surface area contributed by atoms with Crippen molar-refractivity contribution >= 4 is 5.97 Å². The van der Waals surface area contributed by atoms with E-state index in [1.54, 1.807) is 0 Å². The van der Waals surface area contributed by atoms with Gasteiger partial charge in [0.05, 0.1) is 11.5 Å². The lowest BCUT2D eigenvalue weighted by Gasteiger charge is -2.20. The maximum atomic E-state index is 11.6. The second-order valence-electron chi connectivity index (χ2n) is 6.50. The number of unbranched alkanes of at least 4 members (excludes halogenated alkanes) is 2. The van der Waals surface area contributed by atoms with E-state index in [0.717, 1.165) is 18.8 Å². The average molecular weight is 242 g/mol. The summed E-state index contributed by atoms with van der Waals surface area (Å²) < 4.78 is 5.40. The standard InChI is InChI=1S/C15H30O2/c1-12(2)10-8-7-9-11-13(3)17-14(16)15(4,5)6/h12-13H,7-11H2,1-6H3. The molecule has 0 fully saturated rings. The highest BCUT2D eigenvalue weighted by Crippen LogP contribution is 2.18. The normalized spacial score (nSPS) is 13.8. The molecule has 0 radical (unpaired) electrons. The van der Waals surface area contributed by atoms with Crippen molar-refractivity contribution in [2.45, 2.75) is 79.8 Å². The fraction of sp³-hybridized carbons (Fsp3) is 0.933. The molecule has 0 amide bonds. The zero-order valence-corrected chi connectivity index (χ0v) is 12.5. The highest BCUT2D eigenvalue weighted by atomic mass is 16.5. The summed E-state index contributed by atoms with van der Waals surface area (Å²) in [6, 6.07) is 0. The molecular formula is C15H30O2. The average Bonchev–Trinajstić information content (AvgIpc) is 2.15. The van der Waals surface area contributed by atoms with Crippen molar-refractivity contribution in [3.05, 3.63) is 0 Å². The Morgan fingerprint density at radius 1 is 1.00 bits per heavy atom. The summed E-state index contributed by atoms with van der Waals surface area (Å²) in [5.41, 5.74) is -0.383. The first-order chi connectivity index (χ1) is 7.73. The number of carbonyl (C=O) groups excluding carboxylic acids is 1. The summed E-state index contributed by atoms with van der Waals surface area (Å²) >= 11 is 0. The molecule has 0 saturated heterocycles. The second-order valence-corrected chi connectivity index (χ2v) is 6.50. The summed E-state index contributed by atoms with van der Waals surface area (Å²) in [6.45, 7) is 12.2.